The van der Waals surface area contributed by atoms with E-state index in [9.17, 15) is 8.42 Å². The van der Waals surface area contributed by atoms with Crippen molar-refractivity contribution in [3.8, 4) is 5.75 Å². The molecule has 1 aromatic carbocycles. The summed E-state index contributed by atoms with van der Waals surface area (Å²) >= 11 is 0. The molecule has 0 aliphatic carbocycles. The number of nitrogens with one attached hydrogen (secondary N) is 1. The van der Waals surface area contributed by atoms with Gasteiger partial charge in [-0.05, 0) is 44.0 Å². The lowest BCUT2D eigenvalue weighted by atomic mass is 10.2. The van der Waals surface area contributed by atoms with E-state index >= 15 is 0 Å². The van der Waals surface area contributed by atoms with E-state index in [1.54, 1.807) is 18.2 Å². The smallest absolute Gasteiger partial charge is 0.240 e. The van der Waals surface area contributed by atoms with E-state index in [0.717, 1.165) is 18.4 Å². The van der Waals surface area contributed by atoms with E-state index in [2.05, 4.69) is 4.72 Å². The number of hydrogen-bond acceptors (Lipinski definition) is 4. The molecule has 0 bridgehead atoms. The normalized spacial score (nSPS) is 13.2. The molecule has 0 heterocycles. The lowest BCUT2D eigenvalue weighted by Crippen LogP contribution is -2.40. The molecule has 0 saturated carbocycles. The number of rotatable bonds is 8. The van der Waals surface area contributed by atoms with Gasteiger partial charge in [0.2, 0.25) is 10.0 Å². The second-order valence-electron chi connectivity index (χ2n) is 4.70. The number of hydrogen-bond donors (Lipinski definition) is 2. The molecule has 3 N–H and O–H groups in total. The maximum atomic E-state index is 12.3. The van der Waals surface area contributed by atoms with E-state index in [0.29, 0.717) is 18.9 Å². The predicted octanol–water partition coefficient (Wildman–Crippen LogP) is 1.80. The third kappa shape index (κ3) is 4.47. The predicted molar refractivity (Wildman–Crippen MR) is 80.4 cm³/mol. The van der Waals surface area contributed by atoms with Gasteiger partial charge in [-0.3, -0.25) is 0 Å². The van der Waals surface area contributed by atoms with Crippen molar-refractivity contribution in [2.24, 2.45) is 5.73 Å². The lowest BCUT2D eigenvalue weighted by molar-refractivity contribution is 0.337. The van der Waals surface area contributed by atoms with Gasteiger partial charge in [-0.2, -0.15) is 0 Å². The van der Waals surface area contributed by atoms with Crippen LogP contribution >= 0.6 is 0 Å². The standard InChI is InChI=1S/C14H24N2O3S/c1-4-6-12(10-15)16-20(17,18)13-7-8-14(19-5-2)11(3)9-13/h7-9,12,16H,4-6,10,15H2,1-3H3. The van der Waals surface area contributed by atoms with Crippen LogP contribution in [0.1, 0.15) is 32.3 Å². The monoisotopic (exact) mass is 300 g/mol. The first-order chi connectivity index (χ1) is 9.44. The Balaban J connectivity index is 2.95. The van der Waals surface area contributed by atoms with Gasteiger partial charge >= 0.3 is 0 Å². The van der Waals surface area contributed by atoms with Crippen molar-refractivity contribution in [3.05, 3.63) is 23.8 Å². The summed E-state index contributed by atoms with van der Waals surface area (Å²) in [4.78, 5) is 0.244. The van der Waals surface area contributed by atoms with E-state index < -0.39 is 10.0 Å². The first kappa shape index (κ1) is 16.9. The highest BCUT2D eigenvalue weighted by molar-refractivity contribution is 7.89. The van der Waals surface area contributed by atoms with Gasteiger partial charge in [0.15, 0.2) is 0 Å². The number of ether oxygens (including phenoxy) is 1. The molecule has 0 spiro atoms. The van der Waals surface area contributed by atoms with Gasteiger partial charge in [-0.15, -0.1) is 0 Å². The summed E-state index contributed by atoms with van der Waals surface area (Å²) in [5.41, 5.74) is 6.39. The number of nitrogens with two attached hydrogens (primary N) is 1. The van der Waals surface area contributed by atoms with E-state index in [1.165, 1.54) is 0 Å². The minimum atomic E-state index is -3.53. The van der Waals surface area contributed by atoms with Crippen molar-refractivity contribution in [3.63, 3.8) is 0 Å². The molecule has 0 aliphatic rings. The Morgan fingerprint density at radius 1 is 1.35 bits per heavy atom. The number of sulfonamides is 1. The van der Waals surface area contributed by atoms with Crippen molar-refractivity contribution in [2.75, 3.05) is 13.2 Å². The highest BCUT2D eigenvalue weighted by Gasteiger charge is 2.19. The van der Waals surface area contributed by atoms with Crippen LogP contribution in [0.2, 0.25) is 0 Å². The third-order valence-corrected chi connectivity index (χ3v) is 4.52. The van der Waals surface area contributed by atoms with Crippen molar-refractivity contribution in [2.45, 2.75) is 44.6 Å². The maximum absolute atomic E-state index is 12.3. The molecule has 0 radical (unpaired) electrons. The molecule has 1 atom stereocenters. The Bertz CT molecular complexity index is 529. The summed E-state index contributed by atoms with van der Waals surface area (Å²) in [6.07, 6.45) is 1.61. The quantitative estimate of drug-likeness (QED) is 0.767. The third-order valence-electron chi connectivity index (χ3n) is 3.00. The fourth-order valence-electron chi connectivity index (χ4n) is 1.97. The zero-order valence-electron chi connectivity index (χ0n) is 12.3. The first-order valence-corrected chi connectivity index (χ1v) is 8.38. The second-order valence-corrected chi connectivity index (χ2v) is 6.42. The molecule has 1 unspecified atom stereocenters. The minimum absolute atomic E-state index is 0.225. The molecular formula is C14H24N2O3S. The Labute approximate surface area is 121 Å². The van der Waals surface area contributed by atoms with Crippen LogP contribution in [0.25, 0.3) is 0 Å². The molecule has 1 rings (SSSR count). The van der Waals surface area contributed by atoms with Gasteiger partial charge in [0.1, 0.15) is 5.75 Å². The van der Waals surface area contributed by atoms with E-state index in [4.69, 9.17) is 10.5 Å². The molecule has 0 aliphatic heterocycles. The van der Waals surface area contributed by atoms with Crippen LogP contribution in [0.15, 0.2) is 23.1 Å². The van der Waals surface area contributed by atoms with Gasteiger partial charge in [-0.25, -0.2) is 13.1 Å². The van der Waals surface area contributed by atoms with Crippen molar-refractivity contribution in [1.82, 2.24) is 4.72 Å². The molecule has 6 heteroatoms. The molecule has 0 fully saturated rings. The molecule has 0 saturated heterocycles. The Morgan fingerprint density at radius 3 is 2.55 bits per heavy atom. The Morgan fingerprint density at radius 2 is 2.05 bits per heavy atom. The lowest BCUT2D eigenvalue weighted by Gasteiger charge is -2.17. The topological polar surface area (TPSA) is 81.4 Å². The number of aryl methyl sites for hydroxylation is 1. The highest BCUT2D eigenvalue weighted by Crippen LogP contribution is 2.22. The fraction of sp³-hybridized carbons (Fsp3) is 0.571. The van der Waals surface area contributed by atoms with Crippen LogP contribution < -0.4 is 15.2 Å². The molecule has 0 aromatic heterocycles. The van der Waals surface area contributed by atoms with Gasteiger partial charge in [-0.1, -0.05) is 13.3 Å². The molecule has 1 aromatic rings. The van der Waals surface area contributed by atoms with Crippen LogP contribution in [-0.2, 0) is 10.0 Å². The van der Waals surface area contributed by atoms with Crippen LogP contribution in [0.5, 0.6) is 5.75 Å². The summed E-state index contributed by atoms with van der Waals surface area (Å²) < 4.78 is 32.6. The average Bonchev–Trinajstić information content (AvgIpc) is 2.40. The summed E-state index contributed by atoms with van der Waals surface area (Å²) in [6, 6.07) is 4.63. The van der Waals surface area contributed by atoms with Gasteiger partial charge in [0.05, 0.1) is 11.5 Å². The molecular weight excluding hydrogens is 276 g/mol. The SMILES string of the molecule is CCCC(CN)NS(=O)(=O)c1ccc(OCC)c(C)c1. The Kier molecular flexibility index (Phi) is 6.45. The van der Waals surface area contributed by atoms with Crippen LogP contribution in [0.4, 0.5) is 0 Å². The maximum Gasteiger partial charge on any atom is 0.240 e. The molecule has 0 amide bonds. The summed E-state index contributed by atoms with van der Waals surface area (Å²) in [6.45, 7) is 6.57. The van der Waals surface area contributed by atoms with Crippen LogP contribution in [0, 0.1) is 6.92 Å². The van der Waals surface area contributed by atoms with Gasteiger partial charge < -0.3 is 10.5 Å². The highest BCUT2D eigenvalue weighted by atomic mass is 32.2. The summed E-state index contributed by atoms with van der Waals surface area (Å²) in [7, 11) is -3.53. The van der Waals surface area contributed by atoms with E-state index in [1.807, 2.05) is 20.8 Å². The fourth-order valence-corrected chi connectivity index (χ4v) is 3.34. The average molecular weight is 300 g/mol. The first-order valence-electron chi connectivity index (χ1n) is 6.90. The Hall–Kier alpha value is -1.11. The van der Waals surface area contributed by atoms with Crippen LogP contribution in [-0.4, -0.2) is 27.6 Å². The summed E-state index contributed by atoms with van der Waals surface area (Å²) in [5.74, 6) is 0.704. The van der Waals surface area contributed by atoms with Crippen molar-refractivity contribution < 1.29 is 13.2 Å². The molecule has 5 nitrogen and oxygen atoms in total. The number of benzene rings is 1. The minimum Gasteiger partial charge on any atom is -0.494 e. The van der Waals surface area contributed by atoms with Crippen molar-refractivity contribution in [1.29, 1.82) is 0 Å². The van der Waals surface area contributed by atoms with Gasteiger partial charge in [0.25, 0.3) is 0 Å². The van der Waals surface area contributed by atoms with Gasteiger partial charge in [0, 0.05) is 12.6 Å². The zero-order valence-corrected chi connectivity index (χ0v) is 13.2. The van der Waals surface area contributed by atoms with E-state index in [-0.39, 0.29) is 10.9 Å². The molecule has 114 valence electrons. The largest absolute Gasteiger partial charge is 0.494 e. The second kappa shape index (κ2) is 7.61. The molecule has 20 heavy (non-hydrogen) atoms. The van der Waals surface area contributed by atoms with Crippen molar-refractivity contribution >= 4 is 10.0 Å². The van der Waals surface area contributed by atoms with Crippen LogP contribution in [0.3, 0.4) is 0 Å². The summed E-state index contributed by atoms with van der Waals surface area (Å²) in [5, 5.41) is 0. The zero-order chi connectivity index (χ0) is 15.2.